The third-order valence-electron chi connectivity index (χ3n) is 10.3. The fourth-order valence-corrected chi connectivity index (χ4v) is 4.58. The van der Waals surface area contributed by atoms with Gasteiger partial charge < -0.3 is 24.8 Å². The molecule has 2 N–H and O–H groups in total. The summed E-state index contributed by atoms with van der Waals surface area (Å²) >= 11 is 0. The van der Waals surface area contributed by atoms with E-state index >= 15 is 0 Å². The standard InChI is InChI=1S/C35H66N2O5/c1-18-28(38)36-27(5)22-31(8,9)41-23-25(3)32(10,11)35(16,17)40-21-20-30(6,7)34(14,15)42-24-26(4)33(12,13)37-29(39)19-2/h18-19,25-27H,1-2,20-24H2,3-17H3,(H,36,38)(H,37,39). The number of carbonyl (C=O) groups is 2. The van der Waals surface area contributed by atoms with Crippen molar-refractivity contribution in [3.05, 3.63) is 25.3 Å². The Kier molecular flexibility index (Phi) is 14.7. The zero-order valence-electron chi connectivity index (χ0n) is 29.9. The zero-order chi connectivity index (χ0) is 33.4. The molecule has 0 spiro atoms. The summed E-state index contributed by atoms with van der Waals surface area (Å²) < 4.78 is 19.5. The fraction of sp³-hybridized carbons (Fsp3) is 0.829. The van der Waals surface area contributed by atoms with Gasteiger partial charge in [-0.2, -0.15) is 0 Å². The first-order valence-corrected chi connectivity index (χ1v) is 15.6. The van der Waals surface area contributed by atoms with Crippen molar-refractivity contribution in [2.75, 3.05) is 19.8 Å². The molecule has 0 rings (SSSR count). The molecule has 42 heavy (non-hydrogen) atoms. The lowest BCUT2D eigenvalue weighted by atomic mass is 9.68. The van der Waals surface area contributed by atoms with E-state index in [4.69, 9.17) is 14.2 Å². The summed E-state index contributed by atoms with van der Waals surface area (Å²) in [6.45, 7) is 40.8. The van der Waals surface area contributed by atoms with Gasteiger partial charge in [-0.25, -0.2) is 0 Å². The number of carbonyl (C=O) groups excluding carboxylic acids is 2. The van der Waals surface area contributed by atoms with Crippen LogP contribution in [-0.4, -0.2) is 60.0 Å². The molecule has 0 radical (unpaired) electrons. The van der Waals surface area contributed by atoms with Gasteiger partial charge in [0.1, 0.15) is 0 Å². The van der Waals surface area contributed by atoms with E-state index in [0.29, 0.717) is 26.2 Å². The number of hydrogen-bond donors (Lipinski definition) is 2. The van der Waals surface area contributed by atoms with Crippen molar-refractivity contribution in [2.24, 2.45) is 22.7 Å². The second kappa shape index (κ2) is 15.3. The van der Waals surface area contributed by atoms with E-state index in [9.17, 15) is 9.59 Å². The van der Waals surface area contributed by atoms with Crippen LogP contribution in [0.25, 0.3) is 0 Å². The Morgan fingerprint density at radius 2 is 1.21 bits per heavy atom. The monoisotopic (exact) mass is 594 g/mol. The van der Waals surface area contributed by atoms with Crippen molar-refractivity contribution in [1.29, 1.82) is 0 Å². The van der Waals surface area contributed by atoms with E-state index in [0.717, 1.165) is 6.42 Å². The molecule has 0 aromatic rings. The highest BCUT2D eigenvalue weighted by Gasteiger charge is 2.44. The lowest BCUT2D eigenvalue weighted by Gasteiger charge is -2.47. The van der Waals surface area contributed by atoms with E-state index in [1.807, 2.05) is 20.8 Å². The zero-order valence-corrected chi connectivity index (χ0v) is 29.9. The van der Waals surface area contributed by atoms with Crippen LogP contribution in [0.2, 0.25) is 0 Å². The molecule has 0 saturated heterocycles. The second-order valence-corrected chi connectivity index (χ2v) is 15.6. The van der Waals surface area contributed by atoms with Gasteiger partial charge in [0.25, 0.3) is 0 Å². The molecule has 0 saturated carbocycles. The molecule has 2 amide bonds. The molecule has 0 aromatic carbocycles. The normalized spacial score (nSPS) is 15.9. The maximum Gasteiger partial charge on any atom is 0.243 e. The van der Waals surface area contributed by atoms with Gasteiger partial charge >= 0.3 is 0 Å². The summed E-state index contributed by atoms with van der Waals surface area (Å²) in [6.07, 6.45) is 4.12. The van der Waals surface area contributed by atoms with Gasteiger partial charge in [-0.15, -0.1) is 0 Å². The van der Waals surface area contributed by atoms with Crippen molar-refractivity contribution < 1.29 is 23.8 Å². The van der Waals surface area contributed by atoms with E-state index in [-0.39, 0.29) is 46.1 Å². The van der Waals surface area contributed by atoms with Gasteiger partial charge in [0.05, 0.1) is 30.0 Å². The summed E-state index contributed by atoms with van der Waals surface area (Å²) in [5.41, 5.74) is -1.93. The molecule has 3 unspecified atom stereocenters. The van der Waals surface area contributed by atoms with Crippen molar-refractivity contribution in [1.82, 2.24) is 10.6 Å². The van der Waals surface area contributed by atoms with Crippen molar-refractivity contribution in [3.8, 4) is 0 Å². The first-order chi connectivity index (χ1) is 18.8. The Labute approximate surface area is 259 Å². The number of rotatable bonds is 20. The smallest absolute Gasteiger partial charge is 0.243 e. The highest BCUT2D eigenvalue weighted by atomic mass is 16.5. The first-order valence-electron chi connectivity index (χ1n) is 15.6. The number of hydrogen-bond acceptors (Lipinski definition) is 5. The summed E-state index contributed by atoms with van der Waals surface area (Å²) in [4.78, 5) is 23.5. The molecule has 3 atom stereocenters. The number of amides is 2. The maximum atomic E-state index is 11.9. The summed E-state index contributed by atoms with van der Waals surface area (Å²) in [6, 6.07) is -0.0157. The molecule has 7 nitrogen and oxygen atoms in total. The largest absolute Gasteiger partial charge is 0.375 e. The Morgan fingerprint density at radius 1 is 0.714 bits per heavy atom. The van der Waals surface area contributed by atoms with Crippen LogP contribution in [0.4, 0.5) is 0 Å². The first kappa shape index (κ1) is 40.3. The van der Waals surface area contributed by atoms with E-state index in [1.54, 1.807) is 0 Å². The Bertz CT molecular complexity index is 901. The van der Waals surface area contributed by atoms with Crippen LogP contribution in [0.15, 0.2) is 25.3 Å². The van der Waals surface area contributed by atoms with E-state index in [1.165, 1.54) is 12.2 Å². The Balaban J connectivity index is 5.12. The van der Waals surface area contributed by atoms with Crippen molar-refractivity contribution in [2.45, 2.75) is 145 Å². The van der Waals surface area contributed by atoms with Crippen LogP contribution >= 0.6 is 0 Å². The van der Waals surface area contributed by atoms with E-state index in [2.05, 4.69) is 107 Å². The van der Waals surface area contributed by atoms with Crippen LogP contribution in [0.3, 0.4) is 0 Å². The van der Waals surface area contributed by atoms with Gasteiger partial charge in [0.15, 0.2) is 0 Å². The lowest BCUT2D eigenvalue weighted by molar-refractivity contribution is -0.159. The highest BCUT2D eigenvalue weighted by Crippen LogP contribution is 2.43. The van der Waals surface area contributed by atoms with Crippen molar-refractivity contribution in [3.63, 3.8) is 0 Å². The Morgan fingerprint density at radius 3 is 1.71 bits per heavy atom. The summed E-state index contributed by atoms with van der Waals surface area (Å²) in [5, 5.41) is 5.92. The molecule has 0 bridgehead atoms. The molecule has 0 heterocycles. The highest BCUT2D eigenvalue weighted by molar-refractivity contribution is 5.87. The summed E-state index contributed by atoms with van der Waals surface area (Å²) in [7, 11) is 0. The molecule has 7 heteroatoms. The SMILES string of the molecule is C=CC(=O)NC(C)CC(C)(C)OCC(C)C(C)(C)C(C)(C)OCCC(C)(C)C(C)(C)OCC(C)C(C)(C)NC(=O)C=C. The van der Waals surface area contributed by atoms with Crippen LogP contribution in [0.5, 0.6) is 0 Å². The number of ether oxygens (including phenoxy) is 3. The minimum absolute atomic E-state index is 0.0157. The van der Waals surface area contributed by atoms with Crippen LogP contribution < -0.4 is 10.6 Å². The molecule has 0 aromatic heterocycles. The van der Waals surface area contributed by atoms with Gasteiger partial charge in [0, 0.05) is 24.1 Å². The molecule has 0 aliphatic rings. The third-order valence-corrected chi connectivity index (χ3v) is 10.3. The lowest BCUT2D eigenvalue weighted by Crippen LogP contribution is -2.51. The van der Waals surface area contributed by atoms with Gasteiger partial charge in [-0.3, -0.25) is 9.59 Å². The molecule has 0 fully saturated rings. The average molecular weight is 595 g/mol. The van der Waals surface area contributed by atoms with Crippen LogP contribution in [0, 0.1) is 22.7 Å². The minimum Gasteiger partial charge on any atom is -0.375 e. The third kappa shape index (κ3) is 12.1. The molecular formula is C35H66N2O5. The maximum absolute atomic E-state index is 11.9. The predicted octanol–water partition coefficient (Wildman–Crippen LogP) is 7.25. The molecular weight excluding hydrogens is 528 g/mol. The van der Waals surface area contributed by atoms with Gasteiger partial charge in [0.2, 0.25) is 11.8 Å². The van der Waals surface area contributed by atoms with Gasteiger partial charge in [-0.1, -0.05) is 54.7 Å². The molecule has 0 aliphatic heterocycles. The topological polar surface area (TPSA) is 85.9 Å². The minimum atomic E-state index is -0.417. The van der Waals surface area contributed by atoms with Crippen LogP contribution in [-0.2, 0) is 23.8 Å². The fourth-order valence-electron chi connectivity index (χ4n) is 4.58. The molecule has 0 aliphatic carbocycles. The summed E-state index contributed by atoms with van der Waals surface area (Å²) in [5.74, 6) is -0.0144. The second-order valence-electron chi connectivity index (χ2n) is 15.6. The van der Waals surface area contributed by atoms with Crippen LogP contribution in [0.1, 0.15) is 117 Å². The molecule has 246 valence electrons. The Hall–Kier alpha value is -1.70. The quantitative estimate of drug-likeness (QED) is 0.145. The van der Waals surface area contributed by atoms with E-state index < -0.39 is 16.7 Å². The van der Waals surface area contributed by atoms with Crippen molar-refractivity contribution >= 4 is 11.8 Å². The van der Waals surface area contributed by atoms with Gasteiger partial charge in [-0.05, 0) is 104 Å². The number of nitrogens with one attached hydrogen (secondary N) is 2. The average Bonchev–Trinajstić information content (AvgIpc) is 2.84. The predicted molar refractivity (Wildman–Crippen MR) is 175 cm³/mol.